The third-order valence-corrected chi connectivity index (χ3v) is 4.70. The number of ether oxygens (including phenoxy) is 3. The average molecular weight is 377 g/mol. The van der Waals surface area contributed by atoms with E-state index in [9.17, 15) is 4.79 Å². The highest BCUT2D eigenvalue weighted by molar-refractivity contribution is 7.16. The van der Waals surface area contributed by atoms with Gasteiger partial charge in [0.15, 0.2) is 17.3 Å². The van der Waals surface area contributed by atoms with Crippen molar-refractivity contribution in [3.63, 3.8) is 0 Å². The fourth-order valence-corrected chi connectivity index (χ4v) is 3.33. The second-order valence-electron chi connectivity index (χ2n) is 5.36. The predicted octanol–water partition coefficient (Wildman–Crippen LogP) is 1.49. The molecule has 138 valence electrons. The van der Waals surface area contributed by atoms with Gasteiger partial charge in [-0.05, 0) is 19.1 Å². The van der Waals surface area contributed by atoms with Crippen molar-refractivity contribution in [2.45, 2.75) is 13.3 Å². The van der Waals surface area contributed by atoms with Gasteiger partial charge in [-0.25, -0.2) is 0 Å². The predicted molar refractivity (Wildman–Crippen MR) is 95.5 cm³/mol. The van der Waals surface area contributed by atoms with Crippen LogP contribution in [0.1, 0.15) is 21.2 Å². The van der Waals surface area contributed by atoms with Gasteiger partial charge in [-0.3, -0.25) is 4.79 Å². The van der Waals surface area contributed by atoms with Crippen molar-refractivity contribution in [1.29, 1.82) is 0 Å². The Morgan fingerprint density at radius 1 is 1.15 bits per heavy atom. The molecular formula is C16H19N5O4S. The number of fused-ring (bicyclic) bond motifs is 1. The van der Waals surface area contributed by atoms with Crippen molar-refractivity contribution in [2.24, 2.45) is 0 Å². The van der Waals surface area contributed by atoms with Gasteiger partial charge in [0.05, 0.1) is 21.3 Å². The maximum absolute atomic E-state index is 12.4. The van der Waals surface area contributed by atoms with E-state index in [1.54, 1.807) is 16.6 Å². The Balaban J connectivity index is 1.67. The minimum absolute atomic E-state index is 0.233. The van der Waals surface area contributed by atoms with E-state index in [-0.39, 0.29) is 5.91 Å². The fourth-order valence-electron chi connectivity index (χ4n) is 2.45. The van der Waals surface area contributed by atoms with E-state index in [1.165, 1.54) is 32.7 Å². The Kier molecular flexibility index (Phi) is 5.21. The zero-order chi connectivity index (χ0) is 18.7. The molecule has 2 aromatic heterocycles. The van der Waals surface area contributed by atoms with Crippen LogP contribution in [0.4, 0.5) is 0 Å². The number of carbonyl (C=O) groups is 1. The van der Waals surface area contributed by atoms with Crippen molar-refractivity contribution in [3.05, 3.63) is 28.5 Å². The normalized spacial score (nSPS) is 10.8. The summed E-state index contributed by atoms with van der Waals surface area (Å²) in [5, 5.41) is 16.1. The molecule has 0 radical (unpaired) electrons. The highest BCUT2D eigenvalue weighted by Gasteiger charge is 2.17. The molecule has 0 bridgehead atoms. The summed E-state index contributed by atoms with van der Waals surface area (Å²) < 4.78 is 17.5. The monoisotopic (exact) mass is 377 g/mol. The van der Waals surface area contributed by atoms with Gasteiger partial charge >= 0.3 is 0 Å². The zero-order valence-corrected chi connectivity index (χ0v) is 15.7. The van der Waals surface area contributed by atoms with Crippen LogP contribution in [0.5, 0.6) is 17.2 Å². The van der Waals surface area contributed by atoms with Crippen molar-refractivity contribution < 1.29 is 19.0 Å². The third kappa shape index (κ3) is 3.40. The number of carbonyl (C=O) groups excluding carboxylic acids is 1. The lowest BCUT2D eigenvalue weighted by atomic mass is 10.1. The zero-order valence-electron chi connectivity index (χ0n) is 14.9. The molecule has 1 N–H and O–H groups in total. The van der Waals surface area contributed by atoms with Gasteiger partial charge in [-0.15, -0.1) is 10.2 Å². The van der Waals surface area contributed by atoms with Crippen LogP contribution in [-0.4, -0.2) is 53.6 Å². The Morgan fingerprint density at radius 3 is 2.42 bits per heavy atom. The van der Waals surface area contributed by atoms with E-state index in [2.05, 4.69) is 20.6 Å². The number of methoxy groups -OCH3 is 3. The van der Waals surface area contributed by atoms with E-state index < -0.39 is 0 Å². The molecule has 0 saturated heterocycles. The molecular weight excluding hydrogens is 358 g/mol. The van der Waals surface area contributed by atoms with Crippen molar-refractivity contribution in [2.75, 3.05) is 27.9 Å². The van der Waals surface area contributed by atoms with Crippen LogP contribution in [0, 0.1) is 6.92 Å². The number of aryl methyl sites for hydroxylation is 1. The maximum Gasteiger partial charge on any atom is 0.251 e. The topological polar surface area (TPSA) is 99.9 Å². The Morgan fingerprint density at radius 2 is 1.85 bits per heavy atom. The number of rotatable bonds is 7. The van der Waals surface area contributed by atoms with Gasteiger partial charge in [-0.2, -0.15) is 9.61 Å². The summed E-state index contributed by atoms with van der Waals surface area (Å²) in [6, 6.07) is 3.23. The molecule has 0 spiro atoms. The van der Waals surface area contributed by atoms with Crippen LogP contribution in [-0.2, 0) is 6.42 Å². The quantitative estimate of drug-likeness (QED) is 0.666. The summed E-state index contributed by atoms with van der Waals surface area (Å²) in [7, 11) is 4.53. The van der Waals surface area contributed by atoms with Crippen LogP contribution < -0.4 is 19.5 Å². The molecule has 0 saturated carbocycles. The lowest BCUT2D eigenvalue weighted by Crippen LogP contribution is -2.25. The van der Waals surface area contributed by atoms with Crippen LogP contribution in [0.25, 0.3) is 4.96 Å². The maximum atomic E-state index is 12.4. The molecule has 0 unspecified atom stereocenters. The summed E-state index contributed by atoms with van der Waals surface area (Å²) >= 11 is 1.45. The first-order valence-electron chi connectivity index (χ1n) is 7.83. The SMILES string of the molecule is COc1cc(C(=O)NCCc2nn3c(C)nnc3s2)cc(OC)c1OC. The highest BCUT2D eigenvalue weighted by atomic mass is 32.1. The molecule has 2 heterocycles. The van der Waals surface area contributed by atoms with Crippen molar-refractivity contribution in [3.8, 4) is 17.2 Å². The van der Waals surface area contributed by atoms with Gasteiger partial charge in [-0.1, -0.05) is 11.3 Å². The first kappa shape index (κ1) is 17.9. The van der Waals surface area contributed by atoms with Crippen LogP contribution >= 0.6 is 11.3 Å². The van der Waals surface area contributed by atoms with Gasteiger partial charge in [0.25, 0.3) is 5.91 Å². The van der Waals surface area contributed by atoms with Crippen molar-refractivity contribution >= 4 is 22.2 Å². The molecule has 0 aliphatic heterocycles. The number of aromatic nitrogens is 4. The van der Waals surface area contributed by atoms with Gasteiger partial charge in [0.1, 0.15) is 5.01 Å². The molecule has 3 aromatic rings. The van der Waals surface area contributed by atoms with Gasteiger partial charge < -0.3 is 19.5 Å². The minimum atomic E-state index is -0.233. The van der Waals surface area contributed by atoms with Gasteiger partial charge in [0.2, 0.25) is 10.7 Å². The second-order valence-corrected chi connectivity index (χ2v) is 6.40. The van der Waals surface area contributed by atoms with Crippen LogP contribution in [0.15, 0.2) is 12.1 Å². The average Bonchev–Trinajstić information content (AvgIpc) is 3.21. The lowest BCUT2D eigenvalue weighted by Gasteiger charge is -2.14. The summed E-state index contributed by atoms with van der Waals surface area (Å²) in [5.41, 5.74) is 0.425. The Labute approximate surface area is 153 Å². The molecule has 0 aliphatic carbocycles. The molecule has 9 nitrogen and oxygen atoms in total. The molecule has 1 aromatic carbocycles. The number of nitrogens with zero attached hydrogens (tertiary/aromatic N) is 4. The Bertz CT molecular complexity index is 911. The summed E-state index contributed by atoms with van der Waals surface area (Å²) in [6.45, 7) is 2.29. The third-order valence-electron chi connectivity index (χ3n) is 3.74. The second kappa shape index (κ2) is 7.56. The van der Waals surface area contributed by atoms with E-state index in [0.29, 0.717) is 35.8 Å². The number of amides is 1. The van der Waals surface area contributed by atoms with Gasteiger partial charge in [0, 0.05) is 18.5 Å². The molecule has 0 fully saturated rings. The molecule has 1 amide bonds. The van der Waals surface area contributed by atoms with Crippen molar-refractivity contribution in [1.82, 2.24) is 25.1 Å². The van der Waals surface area contributed by atoms with E-state index in [4.69, 9.17) is 14.2 Å². The first-order chi connectivity index (χ1) is 12.6. The van der Waals surface area contributed by atoms with Crippen LogP contribution in [0.2, 0.25) is 0 Å². The number of hydrogen-bond donors (Lipinski definition) is 1. The summed E-state index contributed by atoms with van der Waals surface area (Å²) in [4.78, 5) is 13.2. The largest absolute Gasteiger partial charge is 0.493 e. The smallest absolute Gasteiger partial charge is 0.251 e. The Hall–Kier alpha value is -2.88. The molecule has 0 aliphatic rings. The first-order valence-corrected chi connectivity index (χ1v) is 8.65. The molecule has 0 atom stereocenters. The van der Waals surface area contributed by atoms with E-state index in [1.807, 2.05) is 6.92 Å². The molecule has 3 rings (SSSR count). The summed E-state index contributed by atoms with van der Waals surface area (Å²) in [6.07, 6.45) is 0.601. The standard InChI is InChI=1S/C16H19N5O4S/c1-9-18-19-16-21(9)20-13(26-16)5-6-17-15(22)10-7-11(23-2)14(25-4)12(8-10)24-3/h7-8H,5-6H2,1-4H3,(H,17,22). The number of hydrogen-bond acceptors (Lipinski definition) is 8. The minimum Gasteiger partial charge on any atom is -0.493 e. The lowest BCUT2D eigenvalue weighted by molar-refractivity contribution is 0.0953. The number of nitrogens with one attached hydrogen (secondary N) is 1. The molecule has 10 heteroatoms. The highest BCUT2D eigenvalue weighted by Crippen LogP contribution is 2.38. The van der Waals surface area contributed by atoms with E-state index >= 15 is 0 Å². The fraction of sp³-hybridized carbons (Fsp3) is 0.375. The summed E-state index contributed by atoms with van der Waals surface area (Å²) in [5.74, 6) is 1.82. The van der Waals surface area contributed by atoms with Crippen LogP contribution in [0.3, 0.4) is 0 Å². The van der Waals surface area contributed by atoms with E-state index in [0.717, 1.165) is 15.8 Å². The number of benzene rings is 1. The molecule has 26 heavy (non-hydrogen) atoms.